The van der Waals surface area contributed by atoms with Gasteiger partial charge in [0.05, 0.1) is 17.1 Å². The lowest BCUT2D eigenvalue weighted by molar-refractivity contribution is 0.0697. The molecule has 2 rings (SSSR count). The fourth-order valence-corrected chi connectivity index (χ4v) is 2.41. The Kier molecular flexibility index (Phi) is 10.8. The monoisotopic (exact) mass is 408 g/mol. The van der Waals surface area contributed by atoms with Crippen molar-refractivity contribution in [2.75, 3.05) is 27.2 Å². The van der Waals surface area contributed by atoms with E-state index in [4.69, 9.17) is 21.1 Å². The highest BCUT2D eigenvalue weighted by Gasteiger charge is 2.12. The molecule has 1 aromatic carbocycles. The zero-order valence-electron chi connectivity index (χ0n) is 14.1. The molecule has 0 spiro atoms. The van der Waals surface area contributed by atoms with Gasteiger partial charge in [0.15, 0.2) is 0 Å². The van der Waals surface area contributed by atoms with Crippen molar-refractivity contribution >= 4 is 42.4 Å². The number of hydrogen-bond donors (Lipinski definition) is 2. The number of carbonyl (C=O) groups is 1. The number of hydrogen-bond acceptors (Lipinski definition) is 4. The van der Waals surface area contributed by atoms with Gasteiger partial charge in [-0.1, -0.05) is 11.6 Å². The molecule has 1 heterocycles. The van der Waals surface area contributed by atoms with Gasteiger partial charge in [0.1, 0.15) is 11.5 Å². The molecule has 8 heteroatoms. The predicted octanol–water partition coefficient (Wildman–Crippen LogP) is 4.18. The molecule has 0 aliphatic carbocycles. The van der Waals surface area contributed by atoms with Crippen molar-refractivity contribution in [3.8, 4) is 11.3 Å². The van der Waals surface area contributed by atoms with Crippen LogP contribution in [0.15, 0.2) is 34.7 Å². The molecule has 0 amide bonds. The molecule has 5 nitrogen and oxygen atoms in total. The summed E-state index contributed by atoms with van der Waals surface area (Å²) in [6, 6.07) is 8.26. The lowest BCUT2D eigenvalue weighted by Gasteiger charge is -2.09. The molecule has 0 unspecified atom stereocenters. The molecule has 0 saturated carbocycles. The second-order valence-electron chi connectivity index (χ2n) is 5.60. The van der Waals surface area contributed by atoms with Crippen molar-refractivity contribution in [2.45, 2.75) is 13.0 Å². The molecule has 140 valence electrons. The fourth-order valence-electron chi connectivity index (χ4n) is 2.20. The Morgan fingerprint density at radius 2 is 1.96 bits per heavy atom. The molecule has 0 bridgehead atoms. The van der Waals surface area contributed by atoms with Crippen molar-refractivity contribution < 1.29 is 14.3 Å². The number of benzene rings is 1. The van der Waals surface area contributed by atoms with E-state index in [1.807, 2.05) is 26.2 Å². The number of nitrogens with one attached hydrogen (secondary N) is 1. The summed E-state index contributed by atoms with van der Waals surface area (Å²) < 4.78 is 5.76. The maximum absolute atomic E-state index is 11.1. The van der Waals surface area contributed by atoms with Crippen LogP contribution in [-0.2, 0) is 6.54 Å². The average Bonchev–Trinajstić information content (AvgIpc) is 2.95. The van der Waals surface area contributed by atoms with Gasteiger partial charge in [-0.3, -0.25) is 0 Å². The first-order valence-corrected chi connectivity index (χ1v) is 7.82. The van der Waals surface area contributed by atoms with E-state index in [1.54, 1.807) is 6.07 Å². The highest BCUT2D eigenvalue weighted by molar-refractivity contribution is 6.33. The summed E-state index contributed by atoms with van der Waals surface area (Å²) in [5, 5.41) is 12.9. The van der Waals surface area contributed by atoms with Crippen LogP contribution in [0, 0.1) is 0 Å². The number of carboxylic acids is 1. The Morgan fingerprint density at radius 3 is 2.60 bits per heavy atom. The Labute approximate surface area is 165 Å². The van der Waals surface area contributed by atoms with Crippen LogP contribution in [-0.4, -0.2) is 43.2 Å². The van der Waals surface area contributed by atoms with Crippen LogP contribution in [0.5, 0.6) is 0 Å². The number of halogens is 3. The van der Waals surface area contributed by atoms with Crippen LogP contribution in [0.4, 0.5) is 0 Å². The number of nitrogens with zero attached hydrogens (tertiary/aromatic N) is 1. The Bertz CT molecular complexity index is 675. The first kappa shape index (κ1) is 23.8. The SMILES string of the molecule is CN(C)CCCNCc1ccc(-c2cc(C(=O)O)ccc2Cl)o1.Cl.Cl. The summed E-state index contributed by atoms with van der Waals surface area (Å²) >= 11 is 6.15. The molecule has 0 aliphatic rings. The van der Waals surface area contributed by atoms with Crippen molar-refractivity contribution in [2.24, 2.45) is 0 Å². The minimum Gasteiger partial charge on any atom is -0.478 e. The molecule has 2 N–H and O–H groups in total. The predicted molar refractivity (Wildman–Crippen MR) is 105 cm³/mol. The summed E-state index contributed by atoms with van der Waals surface area (Å²) in [5.74, 6) is 0.377. The fraction of sp³-hybridized carbons (Fsp3) is 0.353. The summed E-state index contributed by atoms with van der Waals surface area (Å²) in [7, 11) is 4.10. The quantitative estimate of drug-likeness (QED) is 0.640. The van der Waals surface area contributed by atoms with Crippen LogP contribution >= 0.6 is 36.4 Å². The zero-order chi connectivity index (χ0) is 16.8. The van der Waals surface area contributed by atoms with E-state index in [2.05, 4.69) is 10.2 Å². The van der Waals surface area contributed by atoms with Crippen molar-refractivity contribution in [3.05, 3.63) is 46.7 Å². The molecule has 2 aromatic rings. The van der Waals surface area contributed by atoms with Gasteiger partial charge in [-0.25, -0.2) is 4.79 Å². The van der Waals surface area contributed by atoms with Crippen LogP contribution in [0.2, 0.25) is 5.02 Å². The van der Waals surface area contributed by atoms with E-state index in [0.717, 1.165) is 25.3 Å². The molecule has 0 radical (unpaired) electrons. The molecule has 0 fully saturated rings. The van der Waals surface area contributed by atoms with E-state index in [0.29, 0.717) is 22.9 Å². The van der Waals surface area contributed by atoms with E-state index in [9.17, 15) is 4.79 Å². The Morgan fingerprint density at radius 1 is 1.24 bits per heavy atom. The molecule has 1 aromatic heterocycles. The van der Waals surface area contributed by atoms with Gasteiger partial charge in [-0.2, -0.15) is 0 Å². The topological polar surface area (TPSA) is 65.7 Å². The second kappa shape index (κ2) is 11.4. The molecule has 0 saturated heterocycles. The van der Waals surface area contributed by atoms with E-state index in [1.165, 1.54) is 12.1 Å². The Balaban J connectivity index is 0.00000288. The van der Waals surface area contributed by atoms with Crippen LogP contribution in [0.3, 0.4) is 0 Å². The highest BCUT2D eigenvalue weighted by atomic mass is 35.5. The van der Waals surface area contributed by atoms with E-state index >= 15 is 0 Å². The molecular weight excluding hydrogens is 387 g/mol. The maximum atomic E-state index is 11.1. The minimum atomic E-state index is -0.989. The van der Waals surface area contributed by atoms with Crippen molar-refractivity contribution in [1.82, 2.24) is 10.2 Å². The molecular formula is C17H23Cl3N2O3. The lowest BCUT2D eigenvalue weighted by Crippen LogP contribution is -2.20. The van der Waals surface area contributed by atoms with Gasteiger partial charge in [0, 0.05) is 5.56 Å². The number of furan rings is 1. The third-order valence-corrected chi connectivity index (χ3v) is 3.73. The minimum absolute atomic E-state index is 0. The molecule has 0 aliphatic heterocycles. The van der Waals surface area contributed by atoms with E-state index < -0.39 is 5.97 Å². The zero-order valence-corrected chi connectivity index (χ0v) is 16.5. The normalized spacial score (nSPS) is 10.2. The van der Waals surface area contributed by atoms with Gasteiger partial charge < -0.3 is 19.7 Å². The summed E-state index contributed by atoms with van der Waals surface area (Å²) in [5.41, 5.74) is 0.773. The standard InChI is InChI=1S/C17H21ClN2O3.2ClH/c1-20(2)9-3-8-19-11-13-5-7-16(23-13)14-10-12(17(21)22)4-6-15(14)18;;/h4-7,10,19H,3,8-9,11H2,1-2H3,(H,21,22);2*1H. The van der Waals surface area contributed by atoms with Gasteiger partial charge in [-0.15, -0.1) is 24.8 Å². The maximum Gasteiger partial charge on any atom is 0.335 e. The van der Waals surface area contributed by atoms with Gasteiger partial charge >= 0.3 is 5.97 Å². The lowest BCUT2D eigenvalue weighted by atomic mass is 10.1. The average molecular weight is 410 g/mol. The first-order valence-electron chi connectivity index (χ1n) is 7.44. The summed E-state index contributed by atoms with van der Waals surface area (Å²) in [6.07, 6.45) is 1.06. The van der Waals surface area contributed by atoms with Gasteiger partial charge in [-0.05, 0) is 63.9 Å². The van der Waals surface area contributed by atoms with Crippen LogP contribution in [0.1, 0.15) is 22.5 Å². The third-order valence-electron chi connectivity index (χ3n) is 3.40. The highest BCUT2D eigenvalue weighted by Crippen LogP contribution is 2.30. The third kappa shape index (κ3) is 7.26. The number of carboxylic acid groups (broad SMARTS) is 1. The molecule has 25 heavy (non-hydrogen) atoms. The second-order valence-corrected chi connectivity index (χ2v) is 6.01. The summed E-state index contributed by atoms with van der Waals surface area (Å²) in [4.78, 5) is 13.2. The number of aromatic carboxylic acids is 1. The van der Waals surface area contributed by atoms with Gasteiger partial charge in [0.2, 0.25) is 0 Å². The Hall–Kier alpha value is -1.24. The summed E-state index contributed by atoms with van der Waals surface area (Å²) in [6.45, 7) is 2.57. The largest absolute Gasteiger partial charge is 0.478 e. The van der Waals surface area contributed by atoms with Gasteiger partial charge in [0.25, 0.3) is 0 Å². The van der Waals surface area contributed by atoms with Crippen LogP contribution in [0.25, 0.3) is 11.3 Å². The van der Waals surface area contributed by atoms with Crippen molar-refractivity contribution in [3.63, 3.8) is 0 Å². The molecule has 0 atom stereocenters. The van der Waals surface area contributed by atoms with E-state index in [-0.39, 0.29) is 30.4 Å². The van der Waals surface area contributed by atoms with Crippen molar-refractivity contribution in [1.29, 1.82) is 0 Å². The van der Waals surface area contributed by atoms with Crippen LogP contribution < -0.4 is 5.32 Å². The number of rotatable bonds is 8. The smallest absolute Gasteiger partial charge is 0.335 e. The first-order chi connectivity index (χ1) is 11.0.